The Labute approximate surface area is 127 Å². The number of nitro groups is 1. The molecule has 114 valence electrons. The van der Waals surface area contributed by atoms with Crippen LogP contribution >= 0.6 is 11.6 Å². The first-order valence-corrected chi connectivity index (χ1v) is 7.30. The molecule has 7 heteroatoms. The second kappa shape index (κ2) is 6.76. The van der Waals surface area contributed by atoms with Crippen LogP contribution < -0.4 is 4.90 Å². The lowest BCUT2D eigenvalue weighted by atomic mass is 10.0. The maximum atomic E-state index is 12.1. The predicted molar refractivity (Wildman–Crippen MR) is 79.7 cm³/mol. The lowest BCUT2D eigenvalue weighted by Crippen LogP contribution is -2.46. The monoisotopic (exact) mass is 312 g/mol. The normalized spacial score (nSPS) is 18.4. The molecule has 1 atom stereocenters. The molecule has 1 heterocycles. The van der Waals surface area contributed by atoms with E-state index in [0.29, 0.717) is 25.3 Å². The third-order valence-electron chi connectivity index (χ3n) is 3.52. The van der Waals surface area contributed by atoms with Crippen molar-refractivity contribution in [1.29, 1.82) is 0 Å². The van der Waals surface area contributed by atoms with Gasteiger partial charge in [-0.3, -0.25) is 10.1 Å². The van der Waals surface area contributed by atoms with Crippen LogP contribution in [-0.4, -0.2) is 30.1 Å². The molecule has 2 rings (SSSR count). The van der Waals surface area contributed by atoms with Crippen molar-refractivity contribution >= 4 is 28.9 Å². The van der Waals surface area contributed by atoms with Crippen molar-refractivity contribution in [2.75, 3.05) is 18.1 Å². The van der Waals surface area contributed by atoms with Crippen LogP contribution in [0.1, 0.15) is 26.2 Å². The second-order valence-electron chi connectivity index (χ2n) is 4.82. The van der Waals surface area contributed by atoms with Crippen LogP contribution in [0.25, 0.3) is 0 Å². The SMILES string of the molecule is CCOC(=O)C1CCCCN1c1cccc(Cl)c1[N+](=O)[O-]. The number of carbonyl (C=O) groups is 1. The molecular weight excluding hydrogens is 296 g/mol. The molecule has 1 aromatic rings. The first-order chi connectivity index (χ1) is 10.1. The van der Waals surface area contributed by atoms with E-state index in [1.807, 2.05) is 0 Å². The van der Waals surface area contributed by atoms with E-state index in [0.717, 1.165) is 12.8 Å². The van der Waals surface area contributed by atoms with Crippen LogP contribution in [0.2, 0.25) is 5.02 Å². The number of nitrogens with zero attached hydrogens (tertiary/aromatic N) is 2. The number of para-hydroxylation sites is 1. The van der Waals surface area contributed by atoms with Crippen molar-refractivity contribution in [3.63, 3.8) is 0 Å². The van der Waals surface area contributed by atoms with Crippen LogP contribution in [0.15, 0.2) is 18.2 Å². The molecule has 0 spiro atoms. The highest BCUT2D eigenvalue weighted by atomic mass is 35.5. The molecule has 0 amide bonds. The van der Waals surface area contributed by atoms with Gasteiger partial charge >= 0.3 is 11.7 Å². The molecule has 1 aliphatic rings. The summed E-state index contributed by atoms with van der Waals surface area (Å²) in [7, 11) is 0. The van der Waals surface area contributed by atoms with Crippen LogP contribution in [0.5, 0.6) is 0 Å². The molecule has 0 radical (unpaired) electrons. The quantitative estimate of drug-likeness (QED) is 0.485. The zero-order chi connectivity index (χ0) is 15.4. The van der Waals surface area contributed by atoms with E-state index in [9.17, 15) is 14.9 Å². The number of hydrogen-bond acceptors (Lipinski definition) is 5. The van der Waals surface area contributed by atoms with Gasteiger partial charge in [-0.25, -0.2) is 4.79 Å². The van der Waals surface area contributed by atoms with Crippen LogP contribution in [-0.2, 0) is 9.53 Å². The zero-order valence-corrected chi connectivity index (χ0v) is 12.5. The Morgan fingerprint density at radius 1 is 1.52 bits per heavy atom. The van der Waals surface area contributed by atoms with Crippen LogP contribution in [0.3, 0.4) is 0 Å². The van der Waals surface area contributed by atoms with Crippen molar-refractivity contribution in [2.24, 2.45) is 0 Å². The van der Waals surface area contributed by atoms with Gasteiger partial charge in [0, 0.05) is 6.54 Å². The van der Waals surface area contributed by atoms with E-state index >= 15 is 0 Å². The lowest BCUT2D eigenvalue weighted by Gasteiger charge is -2.35. The molecule has 6 nitrogen and oxygen atoms in total. The third-order valence-corrected chi connectivity index (χ3v) is 3.82. The van der Waals surface area contributed by atoms with Crippen molar-refractivity contribution < 1.29 is 14.5 Å². The molecule has 1 saturated heterocycles. The van der Waals surface area contributed by atoms with Gasteiger partial charge in [0.1, 0.15) is 16.8 Å². The van der Waals surface area contributed by atoms with Gasteiger partial charge < -0.3 is 9.64 Å². The molecular formula is C14H17ClN2O4. The summed E-state index contributed by atoms with van der Waals surface area (Å²) in [6.45, 7) is 2.61. The maximum Gasteiger partial charge on any atom is 0.328 e. The number of halogens is 1. The van der Waals surface area contributed by atoms with Crippen LogP contribution in [0.4, 0.5) is 11.4 Å². The fourth-order valence-corrected chi connectivity index (χ4v) is 2.86. The molecule has 0 saturated carbocycles. The molecule has 1 aliphatic heterocycles. The Morgan fingerprint density at radius 2 is 2.29 bits per heavy atom. The molecule has 21 heavy (non-hydrogen) atoms. The number of nitro benzene ring substituents is 1. The largest absolute Gasteiger partial charge is 0.464 e. The number of benzene rings is 1. The number of piperidine rings is 1. The predicted octanol–water partition coefficient (Wildman–Crippen LogP) is 3.17. The highest BCUT2D eigenvalue weighted by Gasteiger charge is 2.34. The van der Waals surface area contributed by atoms with E-state index in [4.69, 9.17) is 16.3 Å². The third kappa shape index (κ3) is 3.26. The minimum absolute atomic E-state index is 0.0747. The summed E-state index contributed by atoms with van der Waals surface area (Å²) in [4.78, 5) is 24.6. The summed E-state index contributed by atoms with van der Waals surface area (Å²) in [5, 5.41) is 11.3. The zero-order valence-electron chi connectivity index (χ0n) is 11.8. The van der Waals surface area contributed by atoms with Gasteiger partial charge in [0.15, 0.2) is 0 Å². The van der Waals surface area contributed by atoms with Crippen LogP contribution in [0, 0.1) is 10.1 Å². The van der Waals surface area contributed by atoms with Gasteiger partial charge in [-0.15, -0.1) is 0 Å². The number of carbonyl (C=O) groups excluding carboxylic acids is 1. The fraction of sp³-hybridized carbons (Fsp3) is 0.500. The second-order valence-corrected chi connectivity index (χ2v) is 5.23. The summed E-state index contributed by atoms with van der Waals surface area (Å²) in [6, 6.07) is 4.27. The van der Waals surface area contributed by atoms with Crippen molar-refractivity contribution in [1.82, 2.24) is 0 Å². The van der Waals surface area contributed by atoms with Crippen molar-refractivity contribution in [2.45, 2.75) is 32.2 Å². The molecule has 1 fully saturated rings. The molecule has 1 unspecified atom stereocenters. The van der Waals surface area contributed by atoms with E-state index in [2.05, 4.69) is 0 Å². The fourth-order valence-electron chi connectivity index (χ4n) is 2.62. The average molecular weight is 313 g/mol. The Bertz CT molecular complexity index is 550. The smallest absolute Gasteiger partial charge is 0.328 e. The number of rotatable bonds is 4. The van der Waals surface area contributed by atoms with Gasteiger partial charge in [0.2, 0.25) is 0 Å². The Hall–Kier alpha value is -1.82. The minimum atomic E-state index is -0.505. The van der Waals surface area contributed by atoms with Gasteiger partial charge in [0.25, 0.3) is 0 Å². The summed E-state index contributed by atoms with van der Waals surface area (Å²) in [5.41, 5.74) is 0.223. The van der Waals surface area contributed by atoms with E-state index < -0.39 is 11.0 Å². The number of ether oxygens (including phenoxy) is 1. The van der Waals surface area contributed by atoms with Crippen molar-refractivity contribution in [3.8, 4) is 0 Å². The molecule has 0 bridgehead atoms. The van der Waals surface area contributed by atoms with Gasteiger partial charge in [-0.2, -0.15) is 0 Å². The summed E-state index contributed by atoms with van der Waals surface area (Å²) >= 11 is 5.95. The van der Waals surface area contributed by atoms with Gasteiger partial charge in [-0.1, -0.05) is 17.7 Å². The highest BCUT2D eigenvalue weighted by molar-refractivity contribution is 6.33. The summed E-state index contributed by atoms with van der Waals surface area (Å²) in [6.07, 6.45) is 2.40. The van der Waals surface area contributed by atoms with E-state index in [1.165, 1.54) is 6.07 Å². The molecule has 0 N–H and O–H groups in total. The molecule has 1 aromatic carbocycles. The number of hydrogen-bond donors (Lipinski definition) is 0. The van der Waals surface area contributed by atoms with E-state index in [-0.39, 0.29) is 16.7 Å². The Morgan fingerprint density at radius 3 is 2.95 bits per heavy atom. The first kappa shape index (κ1) is 15.6. The van der Waals surface area contributed by atoms with E-state index in [1.54, 1.807) is 24.0 Å². The average Bonchev–Trinajstić information content (AvgIpc) is 2.47. The molecule has 0 aromatic heterocycles. The van der Waals surface area contributed by atoms with Gasteiger partial charge in [0.05, 0.1) is 11.5 Å². The summed E-state index contributed by atoms with van der Waals surface area (Å²) < 4.78 is 5.08. The number of anilines is 1. The van der Waals surface area contributed by atoms with Crippen molar-refractivity contribution in [3.05, 3.63) is 33.3 Å². The standard InChI is InChI=1S/C14H17ClN2O4/c1-2-21-14(18)12-7-3-4-9-16(12)11-8-5-6-10(15)13(11)17(19)20/h5-6,8,12H,2-4,7,9H2,1H3. The lowest BCUT2D eigenvalue weighted by molar-refractivity contribution is -0.384. The highest BCUT2D eigenvalue weighted by Crippen LogP contribution is 2.38. The Kier molecular flexibility index (Phi) is 5.01. The summed E-state index contributed by atoms with van der Waals surface area (Å²) in [5.74, 6) is -0.341. The molecule has 0 aliphatic carbocycles. The topological polar surface area (TPSA) is 72.7 Å². The number of esters is 1. The minimum Gasteiger partial charge on any atom is -0.464 e. The van der Waals surface area contributed by atoms with Gasteiger partial charge in [-0.05, 0) is 38.3 Å². The Balaban J connectivity index is 2.40. The first-order valence-electron chi connectivity index (χ1n) is 6.92. The maximum absolute atomic E-state index is 12.1.